The molecule has 25 heteroatoms. The highest BCUT2D eigenvalue weighted by Crippen LogP contribution is 2.29. The first kappa shape index (κ1) is 54.7. The molecule has 6 aromatic heterocycles. The van der Waals surface area contributed by atoms with E-state index in [0.29, 0.717) is 59.3 Å². The highest BCUT2D eigenvalue weighted by Gasteiger charge is 2.44. The second-order valence-electron chi connectivity index (χ2n) is 19.2. The van der Waals surface area contributed by atoms with Crippen molar-refractivity contribution < 1.29 is 48.5 Å². The van der Waals surface area contributed by atoms with Crippen molar-refractivity contribution in [2.24, 2.45) is 17.2 Å². The number of aliphatic hydroxyl groups is 3. The van der Waals surface area contributed by atoms with Crippen LogP contribution in [0.25, 0.3) is 28.4 Å². The number of primary amides is 3. The molecule has 0 bridgehead atoms. The monoisotopic (exact) mass is 1080 g/mol. The molecule has 80 heavy (non-hydrogen) atoms. The average molecular weight is 1080 g/mol. The van der Waals surface area contributed by atoms with Crippen LogP contribution in [0.1, 0.15) is 85.1 Å². The number of nitrogens with zero attached hydrogens (tertiary/aromatic N) is 12. The Bertz CT molecular complexity index is 3910. The Morgan fingerprint density at radius 1 is 0.575 bits per heavy atom. The number of carbonyl (C=O) groups excluding carboxylic acids is 6. The van der Waals surface area contributed by atoms with E-state index in [-0.39, 0.29) is 47.6 Å². The summed E-state index contributed by atoms with van der Waals surface area (Å²) in [5.41, 5.74) is 15.2. The van der Waals surface area contributed by atoms with E-state index in [1.807, 2.05) is 0 Å². The third kappa shape index (κ3) is 11.0. The molecule has 3 atom stereocenters. The van der Waals surface area contributed by atoms with E-state index in [0.717, 1.165) is 30.5 Å². The predicted octanol–water partition coefficient (Wildman–Crippen LogP) is -0.286. The Balaban J connectivity index is 0.000000146. The van der Waals surface area contributed by atoms with Gasteiger partial charge in [-0.2, -0.15) is 15.3 Å². The molecule has 24 nitrogen and oxygen atoms in total. The van der Waals surface area contributed by atoms with Crippen molar-refractivity contribution in [3.05, 3.63) is 136 Å². The van der Waals surface area contributed by atoms with Gasteiger partial charge in [0.1, 0.15) is 11.5 Å². The lowest BCUT2D eigenvalue weighted by atomic mass is 10.0. The summed E-state index contributed by atoms with van der Waals surface area (Å²) in [4.78, 5) is 87.5. The van der Waals surface area contributed by atoms with Crippen molar-refractivity contribution in [2.75, 3.05) is 40.8 Å². The van der Waals surface area contributed by atoms with Crippen LogP contribution in [0, 0.1) is 41.3 Å². The summed E-state index contributed by atoms with van der Waals surface area (Å²) in [5.74, 6) is 14.0. The van der Waals surface area contributed by atoms with Gasteiger partial charge >= 0.3 is 0 Å². The predicted molar refractivity (Wildman–Crippen MR) is 281 cm³/mol. The molecule has 3 saturated heterocycles. The highest BCUT2D eigenvalue weighted by atomic mass is 19.1. The molecule has 0 unspecified atom stereocenters. The number of aromatic nitrogens is 9. The van der Waals surface area contributed by atoms with Crippen molar-refractivity contribution in [1.82, 2.24) is 59.0 Å². The van der Waals surface area contributed by atoms with Gasteiger partial charge in [-0.3, -0.25) is 28.8 Å². The van der Waals surface area contributed by atoms with E-state index in [9.17, 15) is 48.5 Å². The molecule has 4 aliphatic rings. The van der Waals surface area contributed by atoms with Gasteiger partial charge in [0.2, 0.25) is 16.8 Å². The van der Waals surface area contributed by atoms with Gasteiger partial charge in [-0.05, 0) is 79.9 Å². The quantitative estimate of drug-likeness (QED) is 0.117. The first-order chi connectivity index (χ1) is 38.1. The summed E-state index contributed by atoms with van der Waals surface area (Å²) in [7, 11) is 4.87. The van der Waals surface area contributed by atoms with Crippen molar-refractivity contribution in [3.63, 3.8) is 0 Å². The number of hydrogen-bond acceptors (Lipinski definition) is 15. The lowest BCUT2D eigenvalue weighted by Crippen LogP contribution is -2.37. The van der Waals surface area contributed by atoms with Crippen LogP contribution in [0.3, 0.4) is 0 Å². The molecule has 3 fully saturated rings. The zero-order valence-electron chi connectivity index (χ0n) is 43.2. The summed E-state index contributed by atoms with van der Waals surface area (Å²) >= 11 is 0. The van der Waals surface area contributed by atoms with E-state index >= 15 is 0 Å². The molecule has 1 aromatic carbocycles. The Kier molecular flexibility index (Phi) is 14.8. The number of rotatable bonds is 6. The maximum atomic E-state index is 13.6. The molecular weight excluding hydrogens is 1030 g/mol. The maximum Gasteiger partial charge on any atom is 0.269 e. The summed E-state index contributed by atoms with van der Waals surface area (Å²) in [6.07, 6.45) is 9.44. The van der Waals surface area contributed by atoms with E-state index in [1.54, 1.807) is 74.6 Å². The molecule has 7 aromatic rings. The van der Waals surface area contributed by atoms with Crippen LogP contribution in [0.5, 0.6) is 0 Å². The maximum absolute atomic E-state index is 13.6. The molecule has 3 aliphatic heterocycles. The summed E-state index contributed by atoms with van der Waals surface area (Å²) in [6, 6.07) is 15.3. The number of likely N-dealkylation sites (tertiary alicyclic amines) is 3. The number of amides is 6. The van der Waals surface area contributed by atoms with Crippen molar-refractivity contribution in [2.45, 2.75) is 55.3 Å². The standard InChI is InChI=1S/C20H16FN5O3.C19H19N5O3.C16H15N5O3/c1-25-9-7-20(29,19(25)28)6-4-12-5-8-23-16(10-12)26-15-3-2-13(21)11-14(15)17(24-26)18(22)27;1-23-10-8-19(27,18(23)26)7-5-12-6-9-21-15(11-12)24-14-4-2-3-13(14)16(22-24)17(20)25;1-20-9-6-16(24,15(20)23)5-2-11-3-7-18-13(10-11)21-8-4-12(19-21)14(17)22/h2-3,5,8,10-11,29H,7,9H2,1H3,(H2,22,27);6,9,11,27H,2-4,8,10H2,1H3,(H2,20,25);3-4,7-8,10,24H,6,9H2,1H3,(H2,17,22)/t20-;19-;16-/m000/s1. The highest BCUT2D eigenvalue weighted by molar-refractivity contribution is 6.04. The largest absolute Gasteiger partial charge is 0.369 e. The SMILES string of the molecule is CN1CC[C@@](O)(C#Cc2ccnc(-n3ccc(C(N)=O)n3)c2)C1=O.CN1CC[C@@](O)(C#Cc2ccnc(-n3nc(C(N)=O)c4c3CCC4)c2)C1=O.CN1CC[C@@](O)(C#Cc2ccnc(-n3nc(C(N)=O)c4cc(F)ccc43)c2)C1=O. The lowest BCUT2D eigenvalue weighted by molar-refractivity contribution is -0.138. The van der Waals surface area contributed by atoms with Crippen LogP contribution in [-0.2, 0) is 27.2 Å². The smallest absolute Gasteiger partial charge is 0.269 e. The first-order valence-corrected chi connectivity index (χ1v) is 24.7. The number of nitrogens with two attached hydrogens (primary N) is 3. The molecular formula is C55H50FN15O9. The van der Waals surface area contributed by atoms with Gasteiger partial charge in [0.25, 0.3) is 35.4 Å². The third-order valence-corrected chi connectivity index (χ3v) is 13.6. The van der Waals surface area contributed by atoms with Gasteiger partial charge < -0.3 is 47.2 Å². The second-order valence-corrected chi connectivity index (χ2v) is 19.2. The van der Waals surface area contributed by atoms with Gasteiger partial charge in [0, 0.05) is 112 Å². The number of fused-ring (bicyclic) bond motifs is 2. The Hall–Kier alpha value is -10.1. The minimum absolute atomic E-state index is 0.0771. The van der Waals surface area contributed by atoms with E-state index in [1.165, 1.54) is 60.7 Å². The van der Waals surface area contributed by atoms with Gasteiger partial charge in [-0.1, -0.05) is 35.5 Å². The number of pyridine rings is 3. The zero-order valence-corrected chi connectivity index (χ0v) is 43.2. The Morgan fingerprint density at radius 2 is 1.04 bits per heavy atom. The molecule has 9 heterocycles. The van der Waals surface area contributed by atoms with Gasteiger partial charge in [0.15, 0.2) is 28.8 Å². The average Bonchev–Trinajstić information content (AvgIpc) is 4.41. The van der Waals surface area contributed by atoms with Gasteiger partial charge in [0.05, 0.1) is 11.2 Å². The third-order valence-electron chi connectivity index (χ3n) is 13.6. The van der Waals surface area contributed by atoms with Gasteiger partial charge in [-0.15, -0.1) is 0 Å². The number of benzene rings is 1. The topological polar surface area (TPSA) is 343 Å². The minimum Gasteiger partial charge on any atom is -0.369 e. The van der Waals surface area contributed by atoms with Crippen LogP contribution >= 0.6 is 0 Å². The fourth-order valence-corrected chi connectivity index (χ4v) is 9.14. The molecule has 1 aliphatic carbocycles. The molecule has 11 rings (SSSR count). The van der Waals surface area contributed by atoms with E-state index in [4.69, 9.17) is 17.2 Å². The van der Waals surface area contributed by atoms with Crippen LogP contribution in [0.15, 0.2) is 85.5 Å². The van der Waals surface area contributed by atoms with E-state index < -0.39 is 52.2 Å². The molecule has 0 radical (unpaired) electrons. The van der Waals surface area contributed by atoms with Gasteiger partial charge in [-0.25, -0.2) is 33.4 Å². The number of carbonyl (C=O) groups is 6. The molecule has 9 N–H and O–H groups in total. The molecule has 0 spiro atoms. The second kappa shape index (κ2) is 21.7. The van der Waals surface area contributed by atoms with Crippen molar-refractivity contribution >= 4 is 46.3 Å². The zero-order chi connectivity index (χ0) is 57.3. The first-order valence-electron chi connectivity index (χ1n) is 24.7. The molecule has 0 saturated carbocycles. The van der Waals surface area contributed by atoms with Crippen LogP contribution in [0.4, 0.5) is 4.39 Å². The lowest BCUT2D eigenvalue weighted by Gasteiger charge is -2.13. The van der Waals surface area contributed by atoms with Crippen LogP contribution in [0.2, 0.25) is 0 Å². The van der Waals surface area contributed by atoms with Crippen LogP contribution < -0.4 is 17.2 Å². The Labute approximate surface area is 455 Å². The molecule has 6 amide bonds. The van der Waals surface area contributed by atoms with Crippen molar-refractivity contribution in [1.29, 1.82) is 0 Å². The number of hydrogen-bond donors (Lipinski definition) is 6. The minimum atomic E-state index is -1.72. The Morgan fingerprint density at radius 3 is 1.49 bits per heavy atom. The van der Waals surface area contributed by atoms with E-state index in [2.05, 4.69) is 65.8 Å². The van der Waals surface area contributed by atoms with Crippen molar-refractivity contribution in [3.8, 4) is 53.0 Å². The summed E-state index contributed by atoms with van der Waals surface area (Å²) in [6.45, 7) is 1.37. The molecule has 406 valence electrons. The fraction of sp³-hybridized carbons (Fsp3) is 0.273. The fourth-order valence-electron chi connectivity index (χ4n) is 9.14. The number of likely N-dealkylation sites (N-methyl/N-ethyl adjacent to an activating group) is 3. The summed E-state index contributed by atoms with van der Waals surface area (Å²) < 4.78 is 18.0. The summed E-state index contributed by atoms with van der Waals surface area (Å²) in [5, 5.41) is 43.9. The number of halogens is 1. The normalized spacial score (nSPS) is 19.9. The van der Waals surface area contributed by atoms with Crippen LogP contribution in [-0.4, -0.2) is 167 Å².